The van der Waals surface area contributed by atoms with E-state index in [1.165, 1.54) is 11.8 Å². The summed E-state index contributed by atoms with van der Waals surface area (Å²) >= 11 is 2.83. The second kappa shape index (κ2) is 6.73. The van der Waals surface area contributed by atoms with Crippen molar-refractivity contribution in [2.75, 3.05) is 11.5 Å². The molecule has 0 aliphatic rings. The van der Waals surface area contributed by atoms with Crippen molar-refractivity contribution in [3.8, 4) is 0 Å². The molecule has 64 valence electrons. The normalized spacial score (nSPS) is 9.64. The van der Waals surface area contributed by atoms with E-state index in [1.807, 2.05) is 6.92 Å². The average molecular weight is 191 g/mol. The van der Waals surface area contributed by atoms with Gasteiger partial charge in [-0.1, -0.05) is 18.7 Å². The summed E-state index contributed by atoms with van der Waals surface area (Å²) in [6.45, 7) is 3.58. The first-order valence-corrected chi connectivity index (χ1v) is 5.47. The zero-order chi connectivity index (χ0) is 8.69. The predicted octanol–water partition coefficient (Wildman–Crippen LogP) is 2.39. The lowest BCUT2D eigenvalue weighted by atomic mass is 10.5. The number of hydrogen-bond acceptors (Lipinski definition) is 4. The zero-order valence-corrected chi connectivity index (χ0v) is 8.48. The van der Waals surface area contributed by atoms with Crippen LogP contribution in [-0.4, -0.2) is 21.7 Å². The minimum absolute atomic E-state index is 0.138. The van der Waals surface area contributed by atoms with Crippen LogP contribution in [0.25, 0.3) is 0 Å². The number of carbonyl (C=O) groups is 1. The van der Waals surface area contributed by atoms with Gasteiger partial charge < -0.3 is 0 Å². The molecule has 4 heteroatoms. The van der Waals surface area contributed by atoms with Gasteiger partial charge in [-0.05, 0) is 5.75 Å². The Kier molecular flexibility index (Phi) is 6.76. The van der Waals surface area contributed by atoms with Crippen molar-refractivity contribution >= 4 is 33.7 Å². The van der Waals surface area contributed by atoms with Crippen molar-refractivity contribution in [1.82, 2.24) is 0 Å². The third kappa shape index (κ3) is 7.94. The second-order valence-corrected chi connectivity index (χ2v) is 4.58. The van der Waals surface area contributed by atoms with Crippen molar-refractivity contribution < 1.29 is 4.79 Å². The average Bonchev–Trinajstić information content (AvgIpc) is 1.87. The van der Waals surface area contributed by atoms with E-state index >= 15 is 0 Å². The fourth-order valence-corrected chi connectivity index (χ4v) is 1.85. The molecule has 2 nitrogen and oxygen atoms in total. The minimum atomic E-state index is 0.138. The second-order valence-electron chi connectivity index (χ2n) is 1.95. The van der Waals surface area contributed by atoms with Crippen LogP contribution in [0.15, 0.2) is 0 Å². The topological polar surface area (TPSA) is 40.9 Å². The summed E-state index contributed by atoms with van der Waals surface area (Å²) in [6, 6.07) is 0. The van der Waals surface area contributed by atoms with Crippen LogP contribution in [0.2, 0.25) is 0 Å². The molecule has 0 spiro atoms. The van der Waals surface area contributed by atoms with Crippen LogP contribution in [0.5, 0.6) is 0 Å². The van der Waals surface area contributed by atoms with Crippen molar-refractivity contribution in [2.24, 2.45) is 0 Å². The van der Waals surface area contributed by atoms with Gasteiger partial charge in [0, 0.05) is 19.1 Å². The van der Waals surface area contributed by atoms with E-state index in [4.69, 9.17) is 5.41 Å². The van der Waals surface area contributed by atoms with Crippen LogP contribution in [0.3, 0.4) is 0 Å². The summed E-state index contributed by atoms with van der Waals surface area (Å²) in [5.74, 6) is 1.70. The quantitative estimate of drug-likeness (QED) is 0.548. The minimum Gasteiger partial charge on any atom is -0.298 e. The summed E-state index contributed by atoms with van der Waals surface area (Å²) in [4.78, 5) is 10.5. The maximum Gasteiger partial charge on any atom is 0.185 e. The van der Waals surface area contributed by atoms with E-state index in [2.05, 4.69) is 0 Å². The highest BCUT2D eigenvalue weighted by molar-refractivity contribution is 8.14. The standard InChI is InChI=1S/C7H13NOS2/c1-3-10-7(8)4-5-11-6(2)9/h8H,3-5H2,1-2H3. The Morgan fingerprint density at radius 1 is 1.45 bits per heavy atom. The van der Waals surface area contributed by atoms with Crippen LogP contribution in [0.1, 0.15) is 20.3 Å². The van der Waals surface area contributed by atoms with Gasteiger partial charge in [0.2, 0.25) is 0 Å². The van der Waals surface area contributed by atoms with E-state index in [0.29, 0.717) is 5.04 Å². The monoisotopic (exact) mass is 191 g/mol. The highest BCUT2D eigenvalue weighted by Gasteiger charge is 1.98. The van der Waals surface area contributed by atoms with Gasteiger partial charge >= 0.3 is 0 Å². The Labute approximate surface area is 76.0 Å². The van der Waals surface area contributed by atoms with E-state index in [-0.39, 0.29) is 5.12 Å². The molecule has 0 aliphatic heterocycles. The first-order chi connectivity index (χ1) is 5.16. The van der Waals surface area contributed by atoms with Gasteiger partial charge in [-0.25, -0.2) is 0 Å². The SMILES string of the molecule is CCSC(=N)CCSC(C)=O. The molecule has 0 aromatic heterocycles. The highest BCUT2D eigenvalue weighted by Crippen LogP contribution is 2.09. The van der Waals surface area contributed by atoms with Crippen molar-refractivity contribution in [3.63, 3.8) is 0 Å². The lowest BCUT2D eigenvalue weighted by Crippen LogP contribution is -1.94. The van der Waals surface area contributed by atoms with E-state index < -0.39 is 0 Å². The number of nitrogens with one attached hydrogen (secondary N) is 1. The van der Waals surface area contributed by atoms with Gasteiger partial charge in [0.1, 0.15) is 0 Å². The van der Waals surface area contributed by atoms with E-state index in [0.717, 1.165) is 17.9 Å². The molecule has 0 amide bonds. The Bertz CT molecular complexity index is 147. The first-order valence-electron chi connectivity index (χ1n) is 3.50. The lowest BCUT2D eigenvalue weighted by molar-refractivity contribution is -0.109. The molecule has 0 saturated carbocycles. The summed E-state index contributed by atoms with van der Waals surface area (Å²) in [5.41, 5.74) is 0. The molecule has 0 rings (SSSR count). The largest absolute Gasteiger partial charge is 0.298 e. The molecule has 0 aliphatic carbocycles. The molecule has 0 aromatic rings. The Hall–Kier alpha value is 0.0400. The number of hydrogen-bond donors (Lipinski definition) is 1. The van der Waals surface area contributed by atoms with Gasteiger partial charge in [-0.15, -0.1) is 11.8 Å². The summed E-state index contributed by atoms with van der Waals surface area (Å²) in [6.07, 6.45) is 0.725. The Balaban J connectivity index is 3.24. The fourth-order valence-electron chi connectivity index (χ4n) is 0.534. The van der Waals surface area contributed by atoms with Gasteiger partial charge in [-0.2, -0.15) is 0 Å². The number of rotatable bonds is 4. The Morgan fingerprint density at radius 2 is 2.09 bits per heavy atom. The Morgan fingerprint density at radius 3 is 2.55 bits per heavy atom. The van der Waals surface area contributed by atoms with Gasteiger partial charge in [0.15, 0.2) is 5.12 Å². The van der Waals surface area contributed by atoms with Crippen molar-refractivity contribution in [3.05, 3.63) is 0 Å². The van der Waals surface area contributed by atoms with Crippen LogP contribution in [0, 0.1) is 5.41 Å². The third-order valence-corrected chi connectivity index (χ3v) is 2.61. The van der Waals surface area contributed by atoms with Crippen LogP contribution < -0.4 is 0 Å². The summed E-state index contributed by atoms with van der Waals surface area (Å²) in [5, 5.41) is 8.19. The number of thioether (sulfide) groups is 2. The van der Waals surface area contributed by atoms with Crippen LogP contribution in [-0.2, 0) is 4.79 Å². The predicted molar refractivity (Wildman–Crippen MR) is 53.6 cm³/mol. The smallest absolute Gasteiger partial charge is 0.185 e. The molecule has 0 bridgehead atoms. The lowest BCUT2D eigenvalue weighted by Gasteiger charge is -1.98. The molecule has 0 atom stereocenters. The molecule has 1 N–H and O–H groups in total. The third-order valence-electron chi connectivity index (χ3n) is 0.953. The number of carbonyl (C=O) groups excluding carboxylic acids is 1. The maximum atomic E-state index is 10.5. The molecule has 0 aromatic carbocycles. The molecular weight excluding hydrogens is 178 g/mol. The summed E-state index contributed by atoms with van der Waals surface area (Å²) in [7, 11) is 0. The fraction of sp³-hybridized carbons (Fsp3) is 0.714. The van der Waals surface area contributed by atoms with Gasteiger partial charge in [0.25, 0.3) is 0 Å². The maximum absolute atomic E-state index is 10.5. The highest BCUT2D eigenvalue weighted by atomic mass is 32.2. The van der Waals surface area contributed by atoms with Crippen molar-refractivity contribution in [1.29, 1.82) is 5.41 Å². The first kappa shape index (κ1) is 11.0. The van der Waals surface area contributed by atoms with Crippen LogP contribution >= 0.6 is 23.5 Å². The molecule has 0 unspecified atom stereocenters. The van der Waals surface area contributed by atoms with E-state index in [1.54, 1.807) is 18.7 Å². The molecular formula is C7H13NOS2. The van der Waals surface area contributed by atoms with Crippen molar-refractivity contribution in [2.45, 2.75) is 20.3 Å². The molecule has 0 heterocycles. The molecule has 11 heavy (non-hydrogen) atoms. The van der Waals surface area contributed by atoms with Gasteiger partial charge in [0.05, 0.1) is 5.04 Å². The van der Waals surface area contributed by atoms with E-state index in [9.17, 15) is 4.79 Å². The molecule has 0 fully saturated rings. The molecule has 0 saturated heterocycles. The molecule has 0 radical (unpaired) electrons. The van der Waals surface area contributed by atoms with Gasteiger partial charge in [-0.3, -0.25) is 10.2 Å². The van der Waals surface area contributed by atoms with Crippen LogP contribution in [0.4, 0.5) is 0 Å². The summed E-state index contributed by atoms with van der Waals surface area (Å²) < 4.78 is 0. The zero-order valence-electron chi connectivity index (χ0n) is 6.85.